The second-order valence-electron chi connectivity index (χ2n) is 4.89. The van der Waals surface area contributed by atoms with Gasteiger partial charge in [0.2, 0.25) is 5.91 Å². The Morgan fingerprint density at radius 2 is 2.32 bits per heavy atom. The highest BCUT2D eigenvalue weighted by atomic mass is 35.5. The molecule has 2 unspecified atom stereocenters. The standard InChI is InChI=1S/C14H19ClN2O2/c1-3-13-9(4-5-19-13)14(18)17-12-7-10(15)11(16)6-8(12)2/h6-7,9,13H,3-5,16H2,1-2H3,(H,17,18). The summed E-state index contributed by atoms with van der Waals surface area (Å²) in [6.07, 6.45) is 1.63. The van der Waals surface area contributed by atoms with Crippen molar-refractivity contribution < 1.29 is 9.53 Å². The minimum Gasteiger partial charge on any atom is -0.398 e. The molecule has 1 amide bonds. The number of nitrogens with one attached hydrogen (secondary N) is 1. The highest BCUT2D eigenvalue weighted by Gasteiger charge is 2.32. The zero-order valence-electron chi connectivity index (χ0n) is 11.2. The Hall–Kier alpha value is -1.26. The van der Waals surface area contributed by atoms with Crippen LogP contribution in [0.25, 0.3) is 0 Å². The lowest BCUT2D eigenvalue weighted by Crippen LogP contribution is -2.29. The van der Waals surface area contributed by atoms with E-state index in [0.29, 0.717) is 23.0 Å². The summed E-state index contributed by atoms with van der Waals surface area (Å²) < 4.78 is 5.54. The molecular weight excluding hydrogens is 264 g/mol. The average Bonchev–Trinajstić information content (AvgIpc) is 2.84. The summed E-state index contributed by atoms with van der Waals surface area (Å²) in [4.78, 5) is 12.3. The Morgan fingerprint density at radius 1 is 1.58 bits per heavy atom. The van der Waals surface area contributed by atoms with E-state index in [2.05, 4.69) is 5.32 Å². The van der Waals surface area contributed by atoms with Crippen molar-refractivity contribution in [3.8, 4) is 0 Å². The fourth-order valence-electron chi connectivity index (χ4n) is 2.41. The molecule has 0 radical (unpaired) electrons. The molecule has 5 heteroatoms. The van der Waals surface area contributed by atoms with E-state index in [-0.39, 0.29) is 17.9 Å². The van der Waals surface area contributed by atoms with E-state index in [1.807, 2.05) is 13.8 Å². The number of hydrogen-bond acceptors (Lipinski definition) is 3. The van der Waals surface area contributed by atoms with Crippen LogP contribution in [0.15, 0.2) is 12.1 Å². The van der Waals surface area contributed by atoms with Crippen molar-refractivity contribution >= 4 is 28.9 Å². The minimum atomic E-state index is -0.0827. The summed E-state index contributed by atoms with van der Waals surface area (Å²) in [5.41, 5.74) is 7.86. The van der Waals surface area contributed by atoms with E-state index in [9.17, 15) is 4.79 Å². The topological polar surface area (TPSA) is 64.3 Å². The highest BCUT2D eigenvalue weighted by molar-refractivity contribution is 6.33. The zero-order chi connectivity index (χ0) is 14.0. The van der Waals surface area contributed by atoms with Crippen LogP contribution in [0.3, 0.4) is 0 Å². The van der Waals surface area contributed by atoms with E-state index in [1.165, 1.54) is 0 Å². The first-order valence-corrected chi connectivity index (χ1v) is 6.88. The molecular formula is C14H19ClN2O2. The van der Waals surface area contributed by atoms with Crippen molar-refractivity contribution in [1.82, 2.24) is 0 Å². The molecule has 1 saturated heterocycles. The molecule has 3 N–H and O–H groups in total. The number of benzene rings is 1. The molecule has 0 aromatic heterocycles. The number of rotatable bonds is 3. The van der Waals surface area contributed by atoms with Crippen molar-refractivity contribution in [1.29, 1.82) is 0 Å². The molecule has 1 heterocycles. The first-order valence-electron chi connectivity index (χ1n) is 6.51. The Morgan fingerprint density at radius 3 is 3.00 bits per heavy atom. The van der Waals surface area contributed by atoms with E-state index in [1.54, 1.807) is 12.1 Å². The number of ether oxygens (including phenoxy) is 1. The van der Waals surface area contributed by atoms with Crippen molar-refractivity contribution in [2.75, 3.05) is 17.7 Å². The third-order valence-electron chi connectivity index (χ3n) is 3.55. The molecule has 1 aromatic rings. The van der Waals surface area contributed by atoms with Gasteiger partial charge in [-0.05, 0) is 37.5 Å². The van der Waals surface area contributed by atoms with Crippen LogP contribution in [0.4, 0.5) is 11.4 Å². The molecule has 4 nitrogen and oxygen atoms in total. The predicted octanol–water partition coefficient (Wildman–Crippen LogP) is 2.98. The SMILES string of the molecule is CCC1OCCC1C(=O)Nc1cc(Cl)c(N)cc1C. The van der Waals surface area contributed by atoms with Crippen LogP contribution >= 0.6 is 11.6 Å². The molecule has 104 valence electrons. The molecule has 2 atom stereocenters. The molecule has 1 aromatic carbocycles. The Labute approximate surface area is 118 Å². The number of halogens is 1. The first kappa shape index (κ1) is 14.2. The fourth-order valence-corrected chi connectivity index (χ4v) is 2.58. The number of carbonyl (C=O) groups is 1. The molecule has 0 aliphatic carbocycles. The summed E-state index contributed by atoms with van der Waals surface area (Å²) >= 11 is 5.98. The maximum Gasteiger partial charge on any atom is 0.230 e. The van der Waals surface area contributed by atoms with Gasteiger partial charge in [-0.25, -0.2) is 0 Å². The van der Waals surface area contributed by atoms with Crippen LogP contribution in [0.1, 0.15) is 25.3 Å². The molecule has 0 bridgehead atoms. The van der Waals surface area contributed by atoms with Crippen LogP contribution in [0.2, 0.25) is 5.02 Å². The Bertz CT molecular complexity index is 491. The van der Waals surface area contributed by atoms with Gasteiger partial charge in [0, 0.05) is 12.3 Å². The predicted molar refractivity (Wildman–Crippen MR) is 77.4 cm³/mol. The van der Waals surface area contributed by atoms with Crippen molar-refractivity contribution in [2.45, 2.75) is 32.8 Å². The van der Waals surface area contributed by atoms with Gasteiger partial charge < -0.3 is 15.8 Å². The number of nitrogen functional groups attached to an aromatic ring is 1. The molecule has 1 aliphatic heterocycles. The Kier molecular flexibility index (Phi) is 4.32. The monoisotopic (exact) mass is 282 g/mol. The van der Waals surface area contributed by atoms with Crippen LogP contribution in [0, 0.1) is 12.8 Å². The molecule has 0 spiro atoms. The van der Waals surface area contributed by atoms with Gasteiger partial charge in [-0.1, -0.05) is 18.5 Å². The smallest absolute Gasteiger partial charge is 0.230 e. The number of carbonyl (C=O) groups excluding carboxylic acids is 1. The van der Waals surface area contributed by atoms with E-state index < -0.39 is 0 Å². The summed E-state index contributed by atoms with van der Waals surface area (Å²) in [6.45, 7) is 4.57. The van der Waals surface area contributed by atoms with Crippen LogP contribution in [-0.2, 0) is 9.53 Å². The number of nitrogens with two attached hydrogens (primary N) is 1. The van der Waals surface area contributed by atoms with Crippen LogP contribution in [0.5, 0.6) is 0 Å². The maximum atomic E-state index is 12.3. The average molecular weight is 283 g/mol. The fraction of sp³-hybridized carbons (Fsp3) is 0.500. The van der Waals surface area contributed by atoms with E-state index in [4.69, 9.17) is 22.1 Å². The van der Waals surface area contributed by atoms with Gasteiger partial charge in [0.15, 0.2) is 0 Å². The van der Waals surface area contributed by atoms with Gasteiger partial charge in [-0.2, -0.15) is 0 Å². The second-order valence-corrected chi connectivity index (χ2v) is 5.30. The molecule has 2 rings (SSSR count). The maximum absolute atomic E-state index is 12.3. The highest BCUT2D eigenvalue weighted by Crippen LogP contribution is 2.29. The van der Waals surface area contributed by atoms with Gasteiger partial charge in [0.25, 0.3) is 0 Å². The van der Waals surface area contributed by atoms with Gasteiger partial charge in [0.05, 0.1) is 22.7 Å². The lowest BCUT2D eigenvalue weighted by Gasteiger charge is -2.17. The first-order chi connectivity index (χ1) is 9.02. The third-order valence-corrected chi connectivity index (χ3v) is 3.88. The number of anilines is 2. The molecule has 1 fully saturated rings. The normalized spacial score (nSPS) is 22.5. The number of hydrogen-bond donors (Lipinski definition) is 2. The van der Waals surface area contributed by atoms with Crippen LogP contribution in [-0.4, -0.2) is 18.6 Å². The van der Waals surface area contributed by atoms with Crippen molar-refractivity contribution in [2.24, 2.45) is 5.92 Å². The summed E-state index contributed by atoms with van der Waals surface area (Å²) in [7, 11) is 0. The van der Waals surface area contributed by atoms with Gasteiger partial charge in [-0.15, -0.1) is 0 Å². The second kappa shape index (κ2) is 5.80. The quantitative estimate of drug-likeness (QED) is 0.838. The molecule has 1 aliphatic rings. The third kappa shape index (κ3) is 3.01. The number of aryl methyl sites for hydroxylation is 1. The zero-order valence-corrected chi connectivity index (χ0v) is 12.0. The van der Waals surface area contributed by atoms with E-state index in [0.717, 1.165) is 18.4 Å². The van der Waals surface area contributed by atoms with E-state index >= 15 is 0 Å². The van der Waals surface area contributed by atoms with Gasteiger partial charge in [-0.3, -0.25) is 4.79 Å². The number of amides is 1. The van der Waals surface area contributed by atoms with Gasteiger partial charge in [0.1, 0.15) is 0 Å². The summed E-state index contributed by atoms with van der Waals surface area (Å²) in [6, 6.07) is 3.46. The lowest BCUT2D eigenvalue weighted by atomic mass is 9.98. The lowest BCUT2D eigenvalue weighted by molar-refractivity contribution is -0.121. The van der Waals surface area contributed by atoms with Crippen molar-refractivity contribution in [3.63, 3.8) is 0 Å². The molecule has 19 heavy (non-hydrogen) atoms. The molecule has 0 saturated carbocycles. The summed E-state index contributed by atoms with van der Waals surface area (Å²) in [5.74, 6) is -0.0889. The largest absolute Gasteiger partial charge is 0.398 e. The van der Waals surface area contributed by atoms with Crippen LogP contribution < -0.4 is 11.1 Å². The Balaban J connectivity index is 2.13. The minimum absolute atomic E-state index is 0.00621. The van der Waals surface area contributed by atoms with Gasteiger partial charge >= 0.3 is 0 Å². The van der Waals surface area contributed by atoms with Crippen molar-refractivity contribution in [3.05, 3.63) is 22.7 Å². The summed E-state index contributed by atoms with van der Waals surface area (Å²) in [5, 5.41) is 3.38.